The zero-order valence-corrected chi connectivity index (χ0v) is 9.07. The van der Waals surface area contributed by atoms with Crippen molar-refractivity contribution in [3.05, 3.63) is 36.1 Å². The van der Waals surface area contributed by atoms with E-state index >= 15 is 0 Å². The Kier molecular flexibility index (Phi) is 2.94. The van der Waals surface area contributed by atoms with E-state index in [9.17, 15) is 0 Å². The second-order valence-corrected chi connectivity index (χ2v) is 3.95. The molecule has 0 bridgehead atoms. The van der Waals surface area contributed by atoms with Crippen molar-refractivity contribution in [3.8, 4) is 10.6 Å². The van der Waals surface area contributed by atoms with E-state index < -0.39 is 0 Å². The molecule has 0 saturated carbocycles. The molecule has 2 aromatic heterocycles. The van der Waals surface area contributed by atoms with Gasteiger partial charge in [-0.05, 0) is 0 Å². The normalized spacial score (nSPS) is 10.5. The van der Waals surface area contributed by atoms with E-state index in [0.717, 1.165) is 22.8 Å². The summed E-state index contributed by atoms with van der Waals surface area (Å²) in [7, 11) is 0. The molecule has 0 unspecified atom stereocenters. The minimum absolute atomic E-state index is 0.483. The number of rotatable bonds is 4. The molecule has 0 fully saturated rings. The van der Waals surface area contributed by atoms with Crippen LogP contribution in [0.5, 0.6) is 0 Å². The second-order valence-electron chi connectivity index (χ2n) is 3.09. The van der Waals surface area contributed by atoms with Crippen molar-refractivity contribution in [2.75, 3.05) is 0 Å². The van der Waals surface area contributed by atoms with E-state index in [1.807, 2.05) is 28.5 Å². The highest BCUT2D eigenvalue weighted by molar-refractivity contribution is 7.13. The van der Waals surface area contributed by atoms with Crippen molar-refractivity contribution < 1.29 is 0 Å². The summed E-state index contributed by atoms with van der Waals surface area (Å²) >= 11 is 1.59. The summed E-state index contributed by atoms with van der Waals surface area (Å²) in [4.78, 5) is 4.39. The summed E-state index contributed by atoms with van der Waals surface area (Å²) in [6.45, 7) is 4.87. The molecule has 2 N–H and O–H groups in total. The number of nitrogens with two attached hydrogens (primary N) is 1. The third-order valence-electron chi connectivity index (χ3n) is 1.96. The van der Waals surface area contributed by atoms with E-state index in [4.69, 9.17) is 5.73 Å². The summed E-state index contributed by atoms with van der Waals surface area (Å²) in [5.41, 5.74) is 7.46. The molecular formula is C10H12N4S. The van der Waals surface area contributed by atoms with Crippen LogP contribution in [0.15, 0.2) is 30.4 Å². The first kappa shape index (κ1) is 10.1. The molecule has 78 valence electrons. The number of hydrogen-bond acceptors (Lipinski definition) is 4. The van der Waals surface area contributed by atoms with Gasteiger partial charge in [-0.2, -0.15) is 5.10 Å². The Morgan fingerprint density at radius 2 is 2.47 bits per heavy atom. The fourth-order valence-corrected chi connectivity index (χ4v) is 2.05. The van der Waals surface area contributed by atoms with Gasteiger partial charge < -0.3 is 5.73 Å². The maximum absolute atomic E-state index is 5.50. The van der Waals surface area contributed by atoms with Crippen molar-refractivity contribution in [1.82, 2.24) is 14.8 Å². The van der Waals surface area contributed by atoms with Crippen LogP contribution in [0.4, 0.5) is 0 Å². The van der Waals surface area contributed by atoms with Crippen molar-refractivity contribution in [1.29, 1.82) is 0 Å². The van der Waals surface area contributed by atoms with Crippen LogP contribution < -0.4 is 5.73 Å². The summed E-state index contributed by atoms with van der Waals surface area (Å²) in [5.74, 6) is 0. The third kappa shape index (κ3) is 2.14. The molecule has 0 atom stereocenters. The summed E-state index contributed by atoms with van der Waals surface area (Å²) in [5, 5.41) is 7.13. The molecule has 2 heterocycles. The molecule has 0 spiro atoms. The Labute approximate surface area is 92.1 Å². The van der Waals surface area contributed by atoms with E-state index in [1.165, 1.54) is 0 Å². The van der Waals surface area contributed by atoms with Crippen LogP contribution in [0.1, 0.15) is 5.69 Å². The molecule has 0 aliphatic rings. The molecule has 0 aromatic carbocycles. The lowest BCUT2D eigenvalue weighted by Gasteiger charge is -1.91. The smallest absolute Gasteiger partial charge is 0.126 e. The maximum Gasteiger partial charge on any atom is 0.126 e. The number of aromatic nitrogens is 3. The van der Waals surface area contributed by atoms with Gasteiger partial charge in [-0.3, -0.25) is 4.68 Å². The average Bonchev–Trinajstić information content (AvgIpc) is 2.85. The molecule has 15 heavy (non-hydrogen) atoms. The first-order valence-corrected chi connectivity index (χ1v) is 5.49. The zero-order chi connectivity index (χ0) is 10.7. The zero-order valence-electron chi connectivity index (χ0n) is 8.26. The molecule has 0 radical (unpaired) electrons. The quantitative estimate of drug-likeness (QED) is 0.797. The minimum atomic E-state index is 0.483. The van der Waals surface area contributed by atoms with Gasteiger partial charge in [-0.25, -0.2) is 4.98 Å². The topological polar surface area (TPSA) is 56.7 Å². The monoisotopic (exact) mass is 220 g/mol. The molecular weight excluding hydrogens is 208 g/mol. The molecule has 2 aromatic rings. The molecule has 0 aliphatic heterocycles. The molecule has 0 saturated heterocycles. The van der Waals surface area contributed by atoms with Crippen LogP contribution in [0.2, 0.25) is 0 Å². The Balaban J connectivity index is 2.24. The van der Waals surface area contributed by atoms with Gasteiger partial charge in [0.2, 0.25) is 0 Å². The number of nitrogens with zero attached hydrogens (tertiary/aromatic N) is 3. The highest BCUT2D eigenvalue weighted by Crippen LogP contribution is 2.22. The van der Waals surface area contributed by atoms with Gasteiger partial charge >= 0.3 is 0 Å². The van der Waals surface area contributed by atoms with Crippen LogP contribution in [-0.2, 0) is 13.1 Å². The summed E-state index contributed by atoms with van der Waals surface area (Å²) in [6.07, 6.45) is 5.58. The van der Waals surface area contributed by atoms with Crippen LogP contribution >= 0.6 is 11.3 Å². The lowest BCUT2D eigenvalue weighted by atomic mass is 10.4. The fraction of sp³-hybridized carbons (Fsp3) is 0.200. The molecule has 0 amide bonds. The minimum Gasteiger partial charge on any atom is -0.325 e. The first-order valence-electron chi connectivity index (χ1n) is 4.61. The Morgan fingerprint density at radius 3 is 3.13 bits per heavy atom. The maximum atomic E-state index is 5.50. The Morgan fingerprint density at radius 1 is 1.60 bits per heavy atom. The Hall–Kier alpha value is -1.46. The standard InChI is InChI=1S/C10H12N4S/c1-2-3-14-6-8(5-12-14)10-13-9(4-11)7-15-10/h2,5-7H,1,3-4,11H2. The predicted octanol–water partition coefficient (Wildman–Crippen LogP) is 1.65. The lowest BCUT2D eigenvalue weighted by Crippen LogP contribution is -1.95. The van der Waals surface area contributed by atoms with Gasteiger partial charge in [-0.15, -0.1) is 17.9 Å². The van der Waals surface area contributed by atoms with Crippen LogP contribution in [0, 0.1) is 0 Å². The van der Waals surface area contributed by atoms with Gasteiger partial charge in [0.25, 0.3) is 0 Å². The molecule has 0 aliphatic carbocycles. The fourth-order valence-electron chi connectivity index (χ4n) is 1.24. The van der Waals surface area contributed by atoms with E-state index in [1.54, 1.807) is 11.3 Å². The molecule has 4 nitrogen and oxygen atoms in total. The Bertz CT molecular complexity index is 457. The third-order valence-corrected chi connectivity index (χ3v) is 2.90. The van der Waals surface area contributed by atoms with Crippen LogP contribution in [0.25, 0.3) is 10.6 Å². The van der Waals surface area contributed by atoms with Crippen LogP contribution in [0.3, 0.4) is 0 Å². The largest absolute Gasteiger partial charge is 0.325 e. The predicted molar refractivity (Wildman–Crippen MR) is 61.4 cm³/mol. The first-order chi connectivity index (χ1) is 7.33. The van der Waals surface area contributed by atoms with Gasteiger partial charge in [0.05, 0.1) is 18.4 Å². The van der Waals surface area contributed by atoms with Gasteiger partial charge in [-0.1, -0.05) is 6.08 Å². The average molecular weight is 220 g/mol. The number of hydrogen-bond donors (Lipinski definition) is 1. The van der Waals surface area contributed by atoms with Gasteiger partial charge in [0.1, 0.15) is 5.01 Å². The van der Waals surface area contributed by atoms with Crippen molar-refractivity contribution in [3.63, 3.8) is 0 Å². The summed E-state index contributed by atoms with van der Waals surface area (Å²) in [6, 6.07) is 0. The van der Waals surface area contributed by atoms with Crippen LogP contribution in [-0.4, -0.2) is 14.8 Å². The van der Waals surface area contributed by atoms with E-state index in [0.29, 0.717) is 6.54 Å². The molecule has 2 rings (SSSR count). The summed E-state index contributed by atoms with van der Waals surface area (Å²) < 4.78 is 1.83. The van der Waals surface area contributed by atoms with Crippen molar-refractivity contribution in [2.24, 2.45) is 5.73 Å². The van der Waals surface area contributed by atoms with Gasteiger partial charge in [0, 0.05) is 23.7 Å². The van der Waals surface area contributed by atoms with E-state index in [-0.39, 0.29) is 0 Å². The highest BCUT2D eigenvalue weighted by atomic mass is 32.1. The lowest BCUT2D eigenvalue weighted by molar-refractivity contribution is 0.703. The number of allylic oxidation sites excluding steroid dienone is 1. The number of thiazole rings is 1. The van der Waals surface area contributed by atoms with Gasteiger partial charge in [0.15, 0.2) is 0 Å². The van der Waals surface area contributed by atoms with E-state index in [2.05, 4.69) is 16.7 Å². The highest BCUT2D eigenvalue weighted by Gasteiger charge is 2.05. The molecule has 5 heteroatoms. The second kappa shape index (κ2) is 4.37. The van der Waals surface area contributed by atoms with Crippen molar-refractivity contribution in [2.45, 2.75) is 13.1 Å². The van der Waals surface area contributed by atoms with Crippen molar-refractivity contribution >= 4 is 11.3 Å². The SMILES string of the molecule is C=CCn1cc(-c2nc(CN)cs2)cn1.